The van der Waals surface area contributed by atoms with Gasteiger partial charge in [-0.25, -0.2) is 4.98 Å². The van der Waals surface area contributed by atoms with E-state index in [1.807, 2.05) is 18.2 Å². The van der Waals surface area contributed by atoms with Crippen molar-refractivity contribution in [2.75, 3.05) is 7.11 Å². The van der Waals surface area contributed by atoms with Gasteiger partial charge in [-0.05, 0) is 31.4 Å². The van der Waals surface area contributed by atoms with Crippen LogP contribution in [-0.4, -0.2) is 23.1 Å². The molecule has 17 heavy (non-hydrogen) atoms. The predicted molar refractivity (Wildman–Crippen MR) is 67.2 cm³/mol. The van der Waals surface area contributed by atoms with Gasteiger partial charge in [0.25, 0.3) is 0 Å². The Morgan fingerprint density at radius 3 is 3.00 bits per heavy atom. The van der Waals surface area contributed by atoms with Crippen LogP contribution in [0.25, 0.3) is 11.0 Å². The number of aromatic nitrogens is 2. The molecule has 3 N–H and O–H groups in total. The molecule has 1 saturated carbocycles. The highest BCUT2D eigenvalue weighted by atomic mass is 16.5. The van der Waals surface area contributed by atoms with Gasteiger partial charge in [0.05, 0.1) is 18.1 Å². The molecule has 90 valence electrons. The number of nitrogens with one attached hydrogen (secondary N) is 1. The Kier molecular flexibility index (Phi) is 2.52. The number of ether oxygens (including phenoxy) is 1. The lowest BCUT2D eigenvalue weighted by atomic mass is 10.1. The maximum absolute atomic E-state index is 5.94. The molecule has 1 aromatic heterocycles. The number of nitrogens with zero attached hydrogens (tertiary/aromatic N) is 1. The van der Waals surface area contributed by atoms with Gasteiger partial charge in [-0.3, -0.25) is 0 Å². The summed E-state index contributed by atoms with van der Waals surface area (Å²) in [6.07, 6.45) is 3.28. The lowest BCUT2D eigenvalue weighted by Gasteiger charge is -2.04. The second-order valence-corrected chi connectivity index (χ2v) is 4.78. The van der Waals surface area contributed by atoms with Gasteiger partial charge in [-0.2, -0.15) is 0 Å². The van der Waals surface area contributed by atoms with E-state index in [0.29, 0.717) is 12.0 Å². The van der Waals surface area contributed by atoms with Crippen LogP contribution in [0, 0.1) is 0 Å². The molecule has 2 atom stereocenters. The summed E-state index contributed by atoms with van der Waals surface area (Å²) in [4.78, 5) is 8.02. The number of rotatable bonds is 2. The molecule has 0 aliphatic heterocycles. The fourth-order valence-corrected chi connectivity index (χ4v) is 2.59. The summed E-state index contributed by atoms with van der Waals surface area (Å²) < 4.78 is 5.21. The molecular weight excluding hydrogens is 214 g/mol. The van der Waals surface area contributed by atoms with Gasteiger partial charge in [0, 0.05) is 18.0 Å². The summed E-state index contributed by atoms with van der Waals surface area (Å²) in [7, 11) is 1.68. The first-order valence-electron chi connectivity index (χ1n) is 6.05. The zero-order valence-electron chi connectivity index (χ0n) is 9.94. The minimum atomic E-state index is 0.336. The van der Waals surface area contributed by atoms with Crippen molar-refractivity contribution in [3.05, 3.63) is 24.0 Å². The van der Waals surface area contributed by atoms with Crippen molar-refractivity contribution in [1.82, 2.24) is 9.97 Å². The lowest BCUT2D eigenvalue weighted by molar-refractivity contribution is 0.415. The first-order chi connectivity index (χ1) is 8.26. The van der Waals surface area contributed by atoms with Crippen LogP contribution in [0.4, 0.5) is 0 Å². The van der Waals surface area contributed by atoms with Crippen LogP contribution >= 0.6 is 0 Å². The molecule has 1 fully saturated rings. The van der Waals surface area contributed by atoms with Gasteiger partial charge in [0.2, 0.25) is 0 Å². The van der Waals surface area contributed by atoms with Gasteiger partial charge in [0.1, 0.15) is 11.6 Å². The molecule has 1 aliphatic carbocycles. The third kappa shape index (κ3) is 1.89. The van der Waals surface area contributed by atoms with Crippen LogP contribution in [0.3, 0.4) is 0 Å². The third-order valence-corrected chi connectivity index (χ3v) is 3.57. The summed E-state index contributed by atoms with van der Waals surface area (Å²) >= 11 is 0. The van der Waals surface area contributed by atoms with Crippen molar-refractivity contribution in [2.24, 2.45) is 5.73 Å². The molecule has 3 rings (SSSR count). The molecule has 4 nitrogen and oxygen atoms in total. The smallest absolute Gasteiger partial charge is 0.121 e. The maximum atomic E-state index is 5.94. The molecule has 0 saturated heterocycles. The van der Waals surface area contributed by atoms with Crippen LogP contribution in [0.15, 0.2) is 18.2 Å². The highest BCUT2D eigenvalue weighted by molar-refractivity contribution is 5.76. The van der Waals surface area contributed by atoms with E-state index in [1.54, 1.807) is 7.11 Å². The number of aromatic amines is 1. The van der Waals surface area contributed by atoms with Crippen molar-refractivity contribution in [2.45, 2.75) is 31.2 Å². The summed E-state index contributed by atoms with van der Waals surface area (Å²) in [6.45, 7) is 0. The third-order valence-electron chi connectivity index (χ3n) is 3.57. The monoisotopic (exact) mass is 231 g/mol. The fourth-order valence-electron chi connectivity index (χ4n) is 2.59. The average Bonchev–Trinajstić information content (AvgIpc) is 2.93. The zero-order valence-corrected chi connectivity index (χ0v) is 9.94. The first-order valence-corrected chi connectivity index (χ1v) is 6.05. The minimum absolute atomic E-state index is 0.336. The summed E-state index contributed by atoms with van der Waals surface area (Å²) in [6, 6.07) is 6.25. The molecule has 1 heterocycles. The van der Waals surface area contributed by atoms with E-state index in [4.69, 9.17) is 10.5 Å². The van der Waals surface area contributed by atoms with Gasteiger partial charge in [0.15, 0.2) is 0 Å². The molecule has 0 spiro atoms. The van der Waals surface area contributed by atoms with E-state index in [2.05, 4.69) is 9.97 Å². The topological polar surface area (TPSA) is 63.9 Å². The predicted octanol–water partition coefficient (Wildman–Crippen LogP) is 2.17. The number of methoxy groups -OCH3 is 1. The zero-order chi connectivity index (χ0) is 11.8. The molecule has 1 aromatic carbocycles. The number of imidazole rings is 1. The van der Waals surface area contributed by atoms with Gasteiger partial charge in [-0.1, -0.05) is 0 Å². The first kappa shape index (κ1) is 10.6. The Bertz CT molecular complexity index is 534. The van der Waals surface area contributed by atoms with Crippen molar-refractivity contribution in [3.63, 3.8) is 0 Å². The molecule has 0 bridgehead atoms. The fraction of sp³-hybridized carbons (Fsp3) is 0.462. The Balaban J connectivity index is 1.96. The van der Waals surface area contributed by atoms with Crippen molar-refractivity contribution < 1.29 is 4.74 Å². The van der Waals surface area contributed by atoms with Crippen LogP contribution in [0.2, 0.25) is 0 Å². The SMILES string of the molecule is COc1ccc2nc(C3CCC(N)C3)[nH]c2c1. The Labute approximate surface area is 100 Å². The van der Waals surface area contributed by atoms with Gasteiger partial charge < -0.3 is 15.5 Å². The number of nitrogens with two attached hydrogens (primary N) is 1. The van der Waals surface area contributed by atoms with E-state index < -0.39 is 0 Å². The number of hydrogen-bond donors (Lipinski definition) is 2. The molecule has 0 radical (unpaired) electrons. The van der Waals surface area contributed by atoms with E-state index >= 15 is 0 Å². The molecular formula is C13H17N3O. The molecule has 1 aliphatic rings. The highest BCUT2D eigenvalue weighted by Crippen LogP contribution is 2.33. The molecule has 0 amide bonds. The summed E-state index contributed by atoms with van der Waals surface area (Å²) in [5, 5.41) is 0. The minimum Gasteiger partial charge on any atom is -0.497 e. The van der Waals surface area contributed by atoms with E-state index in [1.165, 1.54) is 0 Å². The Morgan fingerprint density at radius 1 is 1.41 bits per heavy atom. The average molecular weight is 231 g/mol. The Morgan fingerprint density at radius 2 is 2.29 bits per heavy atom. The van der Waals surface area contributed by atoms with Gasteiger partial charge in [-0.15, -0.1) is 0 Å². The van der Waals surface area contributed by atoms with Crippen LogP contribution < -0.4 is 10.5 Å². The Hall–Kier alpha value is -1.55. The van der Waals surface area contributed by atoms with Gasteiger partial charge >= 0.3 is 0 Å². The standard InChI is InChI=1S/C13H17N3O/c1-17-10-4-5-11-12(7-10)16-13(15-11)8-2-3-9(14)6-8/h4-5,7-9H,2-3,6,14H2,1H3,(H,15,16). The number of fused-ring (bicyclic) bond motifs is 1. The largest absolute Gasteiger partial charge is 0.497 e. The normalized spacial score (nSPS) is 24.4. The van der Waals surface area contributed by atoms with E-state index in [0.717, 1.165) is 41.9 Å². The number of hydrogen-bond acceptors (Lipinski definition) is 3. The van der Waals surface area contributed by atoms with Crippen LogP contribution in [-0.2, 0) is 0 Å². The quantitative estimate of drug-likeness (QED) is 0.832. The molecule has 2 aromatic rings. The number of benzene rings is 1. The second kappa shape index (κ2) is 4.04. The van der Waals surface area contributed by atoms with Crippen molar-refractivity contribution in [3.8, 4) is 5.75 Å². The molecule has 2 unspecified atom stereocenters. The van der Waals surface area contributed by atoms with Crippen LogP contribution in [0.5, 0.6) is 5.75 Å². The summed E-state index contributed by atoms with van der Waals surface area (Å²) in [5.74, 6) is 2.42. The molecule has 4 heteroatoms. The number of H-pyrrole nitrogens is 1. The van der Waals surface area contributed by atoms with E-state index in [-0.39, 0.29) is 0 Å². The van der Waals surface area contributed by atoms with Crippen molar-refractivity contribution >= 4 is 11.0 Å². The maximum Gasteiger partial charge on any atom is 0.121 e. The highest BCUT2D eigenvalue weighted by Gasteiger charge is 2.25. The second-order valence-electron chi connectivity index (χ2n) is 4.78. The van der Waals surface area contributed by atoms with Crippen LogP contribution in [0.1, 0.15) is 31.0 Å². The lowest BCUT2D eigenvalue weighted by Crippen LogP contribution is -2.14. The van der Waals surface area contributed by atoms with E-state index in [9.17, 15) is 0 Å². The summed E-state index contributed by atoms with van der Waals surface area (Å²) in [5.41, 5.74) is 7.98. The van der Waals surface area contributed by atoms with Crippen molar-refractivity contribution in [1.29, 1.82) is 0 Å².